The quantitative estimate of drug-likeness (QED) is 0.0580. The summed E-state index contributed by atoms with van der Waals surface area (Å²) in [4.78, 5) is 0. The molecule has 0 spiro atoms. The maximum atomic E-state index is 6.02. The van der Waals surface area contributed by atoms with Crippen molar-refractivity contribution in [3.8, 4) is 0 Å². The third-order valence-corrected chi connectivity index (χ3v) is 11.5. The van der Waals surface area contributed by atoms with E-state index in [0.717, 1.165) is 13.2 Å². The standard InChI is InChI=1S/C50H102O3/c1-5-7-9-11-13-15-17-19-21-23-25-27-29-31-33-35-37-39-41-43-45-51-47-49(3)53-48-50(4)52-46-44-42-40-38-36-34-32-30-28-26-24-22-20-18-16-14-12-10-8-6-2/h49-50H,5-48H2,1-4H3. The number of unbranched alkanes of at least 4 members (excludes halogenated alkanes) is 38. The van der Waals surface area contributed by atoms with Crippen molar-refractivity contribution in [3.63, 3.8) is 0 Å². The maximum Gasteiger partial charge on any atom is 0.0781 e. The van der Waals surface area contributed by atoms with Gasteiger partial charge < -0.3 is 14.2 Å². The van der Waals surface area contributed by atoms with E-state index >= 15 is 0 Å². The van der Waals surface area contributed by atoms with Crippen LogP contribution >= 0.6 is 0 Å². The lowest BCUT2D eigenvalue weighted by Gasteiger charge is -2.18. The minimum Gasteiger partial charge on any atom is -0.379 e. The molecule has 0 saturated heterocycles. The molecule has 0 aliphatic rings. The summed E-state index contributed by atoms with van der Waals surface area (Å²) in [6, 6.07) is 0. The molecule has 53 heavy (non-hydrogen) atoms. The van der Waals surface area contributed by atoms with Crippen LogP contribution in [-0.4, -0.2) is 38.6 Å². The number of hydrogen-bond donors (Lipinski definition) is 0. The normalized spacial score (nSPS) is 12.9. The van der Waals surface area contributed by atoms with Gasteiger partial charge in [-0.3, -0.25) is 0 Å². The van der Waals surface area contributed by atoms with E-state index < -0.39 is 0 Å². The number of ether oxygens (including phenoxy) is 3. The molecule has 3 heteroatoms. The largest absolute Gasteiger partial charge is 0.379 e. The lowest BCUT2D eigenvalue weighted by Crippen LogP contribution is -2.24. The van der Waals surface area contributed by atoms with E-state index in [1.807, 2.05) is 0 Å². The van der Waals surface area contributed by atoms with Crippen molar-refractivity contribution in [3.05, 3.63) is 0 Å². The highest BCUT2D eigenvalue weighted by Crippen LogP contribution is 2.17. The summed E-state index contributed by atoms with van der Waals surface area (Å²) in [7, 11) is 0. The molecular weight excluding hydrogens is 649 g/mol. The fourth-order valence-corrected chi connectivity index (χ4v) is 7.75. The van der Waals surface area contributed by atoms with E-state index in [9.17, 15) is 0 Å². The van der Waals surface area contributed by atoms with Crippen LogP contribution in [-0.2, 0) is 14.2 Å². The van der Waals surface area contributed by atoms with Crippen LogP contribution in [0.5, 0.6) is 0 Å². The van der Waals surface area contributed by atoms with Crippen LogP contribution in [0.25, 0.3) is 0 Å². The summed E-state index contributed by atoms with van der Waals surface area (Å²) in [5.41, 5.74) is 0. The van der Waals surface area contributed by atoms with Gasteiger partial charge >= 0.3 is 0 Å². The van der Waals surface area contributed by atoms with Gasteiger partial charge in [-0.2, -0.15) is 0 Å². The molecule has 0 bridgehead atoms. The maximum absolute atomic E-state index is 6.02. The molecule has 320 valence electrons. The van der Waals surface area contributed by atoms with Crippen LogP contribution in [0.15, 0.2) is 0 Å². The van der Waals surface area contributed by atoms with E-state index in [-0.39, 0.29) is 12.2 Å². The molecule has 0 aliphatic heterocycles. The molecule has 0 saturated carbocycles. The highest BCUT2D eigenvalue weighted by molar-refractivity contribution is 4.56. The van der Waals surface area contributed by atoms with E-state index in [0.29, 0.717) is 13.2 Å². The van der Waals surface area contributed by atoms with Crippen LogP contribution in [0.4, 0.5) is 0 Å². The summed E-state index contributed by atoms with van der Waals surface area (Å²) in [6.45, 7) is 12.0. The summed E-state index contributed by atoms with van der Waals surface area (Å²) in [5, 5.41) is 0. The molecule has 0 rings (SSSR count). The molecule has 0 radical (unpaired) electrons. The average molecular weight is 751 g/mol. The Morgan fingerprint density at radius 1 is 0.245 bits per heavy atom. The third kappa shape index (κ3) is 48.0. The molecule has 0 aromatic carbocycles. The summed E-state index contributed by atoms with van der Waals surface area (Å²) < 4.78 is 17.9. The molecule has 0 fully saturated rings. The second kappa shape index (κ2) is 48.0. The number of hydrogen-bond acceptors (Lipinski definition) is 3. The minimum absolute atomic E-state index is 0.144. The smallest absolute Gasteiger partial charge is 0.0781 e. The van der Waals surface area contributed by atoms with E-state index in [1.165, 1.54) is 257 Å². The Morgan fingerprint density at radius 3 is 0.755 bits per heavy atom. The lowest BCUT2D eigenvalue weighted by molar-refractivity contribution is -0.0577. The predicted molar refractivity (Wildman–Crippen MR) is 238 cm³/mol. The fourth-order valence-electron chi connectivity index (χ4n) is 7.75. The lowest BCUT2D eigenvalue weighted by atomic mass is 10.0. The van der Waals surface area contributed by atoms with Crippen LogP contribution in [0.3, 0.4) is 0 Å². The van der Waals surface area contributed by atoms with Crippen LogP contribution in [0.1, 0.15) is 285 Å². The average Bonchev–Trinajstić information content (AvgIpc) is 3.16. The van der Waals surface area contributed by atoms with Crippen LogP contribution in [0.2, 0.25) is 0 Å². The Kier molecular flexibility index (Phi) is 47.9. The van der Waals surface area contributed by atoms with Gasteiger partial charge in [-0.05, 0) is 26.7 Å². The molecule has 3 nitrogen and oxygen atoms in total. The van der Waals surface area contributed by atoms with E-state index in [4.69, 9.17) is 14.2 Å². The summed E-state index contributed by atoms with van der Waals surface area (Å²) >= 11 is 0. The number of rotatable bonds is 48. The molecule has 0 N–H and O–H groups in total. The zero-order valence-electron chi connectivity index (χ0n) is 37.5. The van der Waals surface area contributed by atoms with Gasteiger partial charge in [0, 0.05) is 13.2 Å². The molecule has 0 aliphatic carbocycles. The highest BCUT2D eigenvalue weighted by Gasteiger charge is 2.07. The molecule has 0 aromatic heterocycles. The second-order valence-electron chi connectivity index (χ2n) is 17.3. The predicted octanol–water partition coefficient (Wildman–Crippen LogP) is 17.5. The van der Waals surface area contributed by atoms with Crippen molar-refractivity contribution in [1.29, 1.82) is 0 Å². The molecule has 0 amide bonds. The minimum atomic E-state index is 0.144. The van der Waals surface area contributed by atoms with Gasteiger partial charge in [-0.1, -0.05) is 258 Å². The van der Waals surface area contributed by atoms with Gasteiger partial charge in [0.15, 0.2) is 0 Å². The SMILES string of the molecule is CCCCCCCCCCCCCCCCCCCCCCOCC(C)OCC(C)OCCCCCCCCCCCCCCCCCCCCCC. The molecule has 0 aromatic rings. The van der Waals surface area contributed by atoms with Crippen LogP contribution < -0.4 is 0 Å². The Hall–Kier alpha value is -0.120. The first-order valence-electron chi connectivity index (χ1n) is 25.0. The Bertz CT molecular complexity index is 624. The Morgan fingerprint density at radius 2 is 0.472 bits per heavy atom. The molecule has 2 unspecified atom stereocenters. The van der Waals surface area contributed by atoms with E-state index in [2.05, 4.69) is 27.7 Å². The van der Waals surface area contributed by atoms with Crippen molar-refractivity contribution in [2.24, 2.45) is 0 Å². The van der Waals surface area contributed by atoms with Gasteiger partial charge in [-0.15, -0.1) is 0 Å². The topological polar surface area (TPSA) is 27.7 Å². The first-order chi connectivity index (χ1) is 26.2. The Balaban J connectivity index is 3.23. The zero-order valence-corrected chi connectivity index (χ0v) is 37.5. The summed E-state index contributed by atoms with van der Waals surface area (Å²) in [6.07, 6.45) is 57.3. The first kappa shape index (κ1) is 52.9. The van der Waals surface area contributed by atoms with Gasteiger partial charge in [0.2, 0.25) is 0 Å². The van der Waals surface area contributed by atoms with Crippen molar-refractivity contribution in [2.45, 2.75) is 297 Å². The van der Waals surface area contributed by atoms with Gasteiger partial charge in [0.25, 0.3) is 0 Å². The monoisotopic (exact) mass is 751 g/mol. The van der Waals surface area contributed by atoms with Crippen LogP contribution in [0, 0.1) is 0 Å². The Labute approximate surface area is 336 Å². The van der Waals surface area contributed by atoms with Gasteiger partial charge in [-0.25, -0.2) is 0 Å². The summed E-state index contributed by atoms with van der Waals surface area (Å²) in [5.74, 6) is 0. The first-order valence-corrected chi connectivity index (χ1v) is 25.0. The third-order valence-electron chi connectivity index (χ3n) is 11.5. The second-order valence-corrected chi connectivity index (χ2v) is 17.3. The van der Waals surface area contributed by atoms with Gasteiger partial charge in [0.05, 0.1) is 25.4 Å². The van der Waals surface area contributed by atoms with Crippen molar-refractivity contribution in [1.82, 2.24) is 0 Å². The molecule has 0 heterocycles. The fraction of sp³-hybridized carbons (Fsp3) is 1.00. The van der Waals surface area contributed by atoms with E-state index in [1.54, 1.807) is 0 Å². The van der Waals surface area contributed by atoms with Crippen molar-refractivity contribution < 1.29 is 14.2 Å². The zero-order chi connectivity index (χ0) is 38.4. The molecular formula is C50H102O3. The molecule has 2 atom stereocenters. The van der Waals surface area contributed by atoms with Crippen molar-refractivity contribution >= 4 is 0 Å². The van der Waals surface area contributed by atoms with Gasteiger partial charge in [0.1, 0.15) is 0 Å². The highest BCUT2D eigenvalue weighted by atomic mass is 16.6. The van der Waals surface area contributed by atoms with Crippen molar-refractivity contribution in [2.75, 3.05) is 26.4 Å².